The number of ketones is 1. The third-order valence-corrected chi connectivity index (χ3v) is 9.18. The molecule has 4 aliphatic rings. The first-order chi connectivity index (χ1) is 11.5. The third kappa shape index (κ3) is 2.42. The zero-order chi connectivity index (χ0) is 17.1. The van der Waals surface area contributed by atoms with E-state index >= 15 is 0 Å². The van der Waals surface area contributed by atoms with Gasteiger partial charge in [0, 0.05) is 5.92 Å². The van der Waals surface area contributed by atoms with Crippen LogP contribution < -0.4 is 0 Å². The van der Waals surface area contributed by atoms with Crippen molar-refractivity contribution in [2.24, 2.45) is 52.8 Å². The van der Waals surface area contributed by atoms with E-state index in [9.17, 15) is 9.90 Å². The van der Waals surface area contributed by atoms with Crippen LogP contribution >= 0.6 is 0 Å². The molecule has 0 aromatic carbocycles. The molecule has 0 heterocycles. The van der Waals surface area contributed by atoms with Gasteiger partial charge < -0.3 is 5.11 Å². The molecule has 1 N–H and O–H groups in total. The Labute approximate surface area is 147 Å². The molecular formula is C22H36O2. The lowest BCUT2D eigenvalue weighted by Crippen LogP contribution is -2.51. The van der Waals surface area contributed by atoms with Gasteiger partial charge in [-0.15, -0.1) is 0 Å². The van der Waals surface area contributed by atoms with E-state index in [-0.39, 0.29) is 23.7 Å². The minimum atomic E-state index is -0.250. The Kier molecular flexibility index (Phi) is 4.34. The highest BCUT2D eigenvalue weighted by Crippen LogP contribution is 2.65. The van der Waals surface area contributed by atoms with Crippen molar-refractivity contribution in [1.29, 1.82) is 0 Å². The summed E-state index contributed by atoms with van der Waals surface area (Å²) in [6, 6.07) is 0. The van der Waals surface area contributed by atoms with E-state index in [1.54, 1.807) is 0 Å². The highest BCUT2D eigenvalue weighted by atomic mass is 16.3. The molecule has 0 aromatic heterocycles. The maximum atomic E-state index is 12.3. The van der Waals surface area contributed by atoms with E-state index in [1.165, 1.54) is 44.9 Å². The number of Topliss-reactive ketones (excluding diaryl/α,β-unsaturated/α-hetero) is 1. The van der Waals surface area contributed by atoms with Gasteiger partial charge in [-0.2, -0.15) is 0 Å². The largest absolute Gasteiger partial charge is 0.389 e. The van der Waals surface area contributed by atoms with E-state index in [1.807, 2.05) is 0 Å². The number of aliphatic hydroxyl groups is 1. The molecule has 9 unspecified atom stereocenters. The summed E-state index contributed by atoms with van der Waals surface area (Å²) in [6.07, 6.45) is 10.6. The number of aliphatic hydroxyl groups excluding tert-OH is 1. The normalized spacial score (nSPS) is 53.8. The van der Waals surface area contributed by atoms with Crippen LogP contribution in [0.4, 0.5) is 0 Å². The van der Waals surface area contributed by atoms with E-state index < -0.39 is 0 Å². The maximum Gasteiger partial charge on any atom is 0.161 e. The molecule has 0 amide bonds. The summed E-state index contributed by atoms with van der Waals surface area (Å²) in [5.74, 6) is 6.50. The zero-order valence-corrected chi connectivity index (χ0v) is 15.8. The predicted molar refractivity (Wildman–Crippen MR) is 96.4 cm³/mol. The average Bonchev–Trinajstić information content (AvgIpc) is 2.92. The fourth-order valence-electron chi connectivity index (χ4n) is 8.06. The third-order valence-electron chi connectivity index (χ3n) is 9.18. The fourth-order valence-corrected chi connectivity index (χ4v) is 8.06. The second-order valence-corrected chi connectivity index (χ2v) is 10.2. The number of fused-ring (bicyclic) bond motifs is 5. The Bertz CT molecular complexity index is 500. The van der Waals surface area contributed by atoms with Crippen LogP contribution in [0, 0.1) is 52.8 Å². The van der Waals surface area contributed by atoms with Crippen molar-refractivity contribution < 1.29 is 9.90 Å². The number of carbonyl (C=O) groups excluding carboxylic acids is 1. The van der Waals surface area contributed by atoms with Crippen LogP contribution in [-0.2, 0) is 4.79 Å². The summed E-state index contributed by atoms with van der Waals surface area (Å²) < 4.78 is 0. The molecule has 24 heavy (non-hydrogen) atoms. The molecule has 0 saturated heterocycles. The lowest BCUT2D eigenvalue weighted by atomic mass is 9.47. The molecular weight excluding hydrogens is 296 g/mol. The summed E-state index contributed by atoms with van der Waals surface area (Å²) in [4.78, 5) is 12.3. The van der Waals surface area contributed by atoms with Gasteiger partial charge in [-0.25, -0.2) is 0 Å². The molecule has 136 valence electrons. The van der Waals surface area contributed by atoms with Crippen LogP contribution in [0.15, 0.2) is 0 Å². The van der Waals surface area contributed by atoms with Gasteiger partial charge in [0.2, 0.25) is 0 Å². The van der Waals surface area contributed by atoms with Gasteiger partial charge in [0.05, 0.1) is 0 Å². The van der Waals surface area contributed by atoms with Crippen molar-refractivity contribution in [3.63, 3.8) is 0 Å². The average molecular weight is 333 g/mol. The van der Waals surface area contributed by atoms with Gasteiger partial charge in [-0.3, -0.25) is 4.79 Å². The van der Waals surface area contributed by atoms with E-state index in [0.29, 0.717) is 0 Å². The molecule has 0 spiro atoms. The minimum Gasteiger partial charge on any atom is -0.389 e. The van der Waals surface area contributed by atoms with Crippen LogP contribution in [0.1, 0.15) is 72.1 Å². The second kappa shape index (κ2) is 6.11. The van der Waals surface area contributed by atoms with E-state index in [4.69, 9.17) is 0 Å². The van der Waals surface area contributed by atoms with Crippen molar-refractivity contribution in [3.8, 4) is 0 Å². The first kappa shape index (κ1) is 17.1. The highest BCUT2D eigenvalue weighted by molar-refractivity contribution is 5.83. The molecule has 0 aromatic rings. The standard InChI is InChI=1S/C22H36O2/c1-13-4-5-15-16-8-9-22(3)19(6-7-20(22)21(24)12-23)18(16)11-14(2)17(15)10-13/h13-20,23H,4-12H2,1-3H3. The molecule has 4 saturated carbocycles. The van der Waals surface area contributed by atoms with Gasteiger partial charge >= 0.3 is 0 Å². The lowest BCUT2D eigenvalue weighted by Gasteiger charge is -2.58. The lowest BCUT2D eigenvalue weighted by molar-refractivity contribution is -0.134. The van der Waals surface area contributed by atoms with Crippen LogP contribution in [0.25, 0.3) is 0 Å². The Balaban J connectivity index is 1.58. The highest BCUT2D eigenvalue weighted by Gasteiger charge is 2.59. The Hall–Kier alpha value is -0.370. The molecule has 4 rings (SSSR count). The van der Waals surface area contributed by atoms with Gasteiger partial charge in [-0.1, -0.05) is 27.2 Å². The quantitative estimate of drug-likeness (QED) is 0.796. The summed E-state index contributed by atoms with van der Waals surface area (Å²) in [6.45, 7) is 7.11. The van der Waals surface area contributed by atoms with E-state index in [2.05, 4.69) is 20.8 Å². The minimum absolute atomic E-state index is 0.117. The van der Waals surface area contributed by atoms with E-state index in [0.717, 1.165) is 47.8 Å². The predicted octanol–water partition coefficient (Wildman–Crippen LogP) is 4.70. The fraction of sp³-hybridized carbons (Fsp3) is 0.955. The molecule has 4 fully saturated rings. The van der Waals surface area contributed by atoms with Gasteiger partial charge in [0.15, 0.2) is 5.78 Å². The molecule has 9 atom stereocenters. The summed E-state index contributed by atoms with van der Waals surface area (Å²) >= 11 is 0. The second-order valence-electron chi connectivity index (χ2n) is 10.2. The Morgan fingerprint density at radius 3 is 2.46 bits per heavy atom. The number of carbonyl (C=O) groups is 1. The number of rotatable bonds is 2. The molecule has 0 bridgehead atoms. The first-order valence-electron chi connectivity index (χ1n) is 10.6. The van der Waals surface area contributed by atoms with Crippen molar-refractivity contribution >= 4 is 5.78 Å². The van der Waals surface area contributed by atoms with Gasteiger partial charge in [0.25, 0.3) is 0 Å². The summed E-state index contributed by atoms with van der Waals surface area (Å²) in [5.41, 5.74) is 0.176. The first-order valence-corrected chi connectivity index (χ1v) is 10.6. The molecule has 0 radical (unpaired) electrons. The zero-order valence-electron chi connectivity index (χ0n) is 15.8. The Morgan fingerprint density at radius 1 is 0.958 bits per heavy atom. The molecule has 2 nitrogen and oxygen atoms in total. The SMILES string of the molecule is CC1CCC2C(C1)C(C)CC1C2CCC2(C)C(C(=O)CO)CCC12. The molecule has 2 heteroatoms. The number of hydrogen-bond donors (Lipinski definition) is 1. The Morgan fingerprint density at radius 2 is 1.71 bits per heavy atom. The molecule has 4 aliphatic carbocycles. The molecule has 0 aliphatic heterocycles. The topological polar surface area (TPSA) is 37.3 Å². The number of hydrogen-bond acceptors (Lipinski definition) is 2. The van der Waals surface area contributed by atoms with Crippen molar-refractivity contribution in [2.75, 3.05) is 6.61 Å². The van der Waals surface area contributed by atoms with Crippen LogP contribution in [0.2, 0.25) is 0 Å². The van der Waals surface area contributed by atoms with Crippen molar-refractivity contribution in [3.05, 3.63) is 0 Å². The monoisotopic (exact) mass is 332 g/mol. The van der Waals surface area contributed by atoms with Gasteiger partial charge in [-0.05, 0) is 91.8 Å². The summed E-state index contributed by atoms with van der Waals surface area (Å²) in [7, 11) is 0. The van der Waals surface area contributed by atoms with Crippen molar-refractivity contribution in [1.82, 2.24) is 0 Å². The maximum absolute atomic E-state index is 12.3. The van der Waals surface area contributed by atoms with Gasteiger partial charge in [0.1, 0.15) is 6.61 Å². The summed E-state index contributed by atoms with van der Waals surface area (Å²) in [5, 5.41) is 9.40. The smallest absolute Gasteiger partial charge is 0.161 e. The van der Waals surface area contributed by atoms with Crippen molar-refractivity contribution in [2.45, 2.75) is 72.1 Å². The van der Waals surface area contributed by atoms with Crippen LogP contribution in [0.3, 0.4) is 0 Å². The van der Waals surface area contributed by atoms with Crippen LogP contribution in [-0.4, -0.2) is 17.5 Å². The van der Waals surface area contributed by atoms with Crippen LogP contribution in [0.5, 0.6) is 0 Å².